The fourth-order valence-corrected chi connectivity index (χ4v) is 5.19. The molecule has 0 unspecified atom stereocenters. The van der Waals surface area contributed by atoms with Crippen molar-refractivity contribution in [1.82, 2.24) is 14.8 Å². The van der Waals surface area contributed by atoms with Crippen LogP contribution in [0.5, 0.6) is 0 Å². The molecule has 2 heterocycles. The van der Waals surface area contributed by atoms with Crippen molar-refractivity contribution in [2.24, 2.45) is 0 Å². The molecule has 36 heavy (non-hydrogen) atoms. The first-order chi connectivity index (χ1) is 17.5. The van der Waals surface area contributed by atoms with Crippen LogP contribution in [0.1, 0.15) is 84.1 Å². The van der Waals surface area contributed by atoms with Crippen LogP contribution in [0.3, 0.4) is 0 Å². The van der Waals surface area contributed by atoms with Gasteiger partial charge in [-0.25, -0.2) is 0 Å². The predicted octanol–water partition coefficient (Wildman–Crippen LogP) is 4.18. The fourth-order valence-electron chi connectivity index (χ4n) is 5.19. The molecule has 1 aromatic carbocycles. The smallest absolute Gasteiger partial charge is 0.259 e. The van der Waals surface area contributed by atoms with Crippen LogP contribution in [0.15, 0.2) is 47.5 Å². The Morgan fingerprint density at radius 1 is 0.972 bits per heavy atom. The molecular formula is C29H39N3O4. The van der Waals surface area contributed by atoms with Gasteiger partial charge in [0.25, 0.3) is 11.8 Å². The van der Waals surface area contributed by atoms with Crippen molar-refractivity contribution >= 4 is 11.8 Å². The topological polar surface area (TPSA) is 80.6 Å². The summed E-state index contributed by atoms with van der Waals surface area (Å²) in [5, 5.41) is 3.10. The van der Waals surface area contributed by atoms with E-state index in [-0.39, 0.29) is 35.1 Å². The summed E-state index contributed by atoms with van der Waals surface area (Å²) in [6.45, 7) is 1.71. The van der Waals surface area contributed by atoms with E-state index in [4.69, 9.17) is 4.74 Å². The summed E-state index contributed by atoms with van der Waals surface area (Å²) in [6.07, 6.45) is 13.5. The Labute approximate surface area is 213 Å². The Balaban J connectivity index is 1.55. The Morgan fingerprint density at radius 2 is 1.67 bits per heavy atom. The van der Waals surface area contributed by atoms with Crippen molar-refractivity contribution in [2.45, 2.75) is 82.9 Å². The molecule has 1 aliphatic heterocycles. The van der Waals surface area contributed by atoms with E-state index >= 15 is 0 Å². The minimum atomic E-state index is -0.501. The van der Waals surface area contributed by atoms with Crippen molar-refractivity contribution in [1.29, 1.82) is 0 Å². The number of amides is 2. The second-order valence-corrected chi connectivity index (χ2v) is 10.2. The highest BCUT2D eigenvalue weighted by Gasteiger charge is 2.25. The zero-order valence-electron chi connectivity index (χ0n) is 21.4. The van der Waals surface area contributed by atoms with Gasteiger partial charge in [0.15, 0.2) is 0 Å². The number of benzene rings is 1. The highest BCUT2D eigenvalue weighted by molar-refractivity contribution is 5.99. The lowest BCUT2D eigenvalue weighted by atomic mass is 9.96. The summed E-state index contributed by atoms with van der Waals surface area (Å²) in [6, 6.07) is 10.0. The number of nitrogens with zero attached hydrogens (tertiary/aromatic N) is 2. The fraction of sp³-hybridized carbons (Fsp3) is 0.552. The van der Waals surface area contributed by atoms with Crippen molar-refractivity contribution in [3.05, 3.63) is 69.6 Å². The molecule has 1 N–H and O–H groups in total. The number of nitrogens with one attached hydrogen (secondary N) is 1. The normalized spacial score (nSPS) is 18.9. The van der Waals surface area contributed by atoms with Gasteiger partial charge in [-0.15, -0.1) is 0 Å². The first-order valence-corrected chi connectivity index (χ1v) is 13.5. The SMILES string of the molecule is CN(CCc1ccccc1)C(=O)c1cn(C[C@H]2CCCO2)cc(C(=O)NC2CCCCCCC2)c1=O. The molecule has 1 atom stereocenters. The number of hydrogen-bond acceptors (Lipinski definition) is 4. The number of likely N-dealkylation sites (N-methyl/N-ethyl adjacent to an activating group) is 1. The summed E-state index contributed by atoms with van der Waals surface area (Å²) in [7, 11) is 1.70. The number of rotatable bonds is 8. The Hall–Kier alpha value is -2.93. The largest absolute Gasteiger partial charge is 0.376 e. The van der Waals surface area contributed by atoms with Gasteiger partial charge in [0, 0.05) is 45.2 Å². The van der Waals surface area contributed by atoms with Gasteiger partial charge in [0.2, 0.25) is 5.43 Å². The molecule has 2 fully saturated rings. The van der Waals surface area contributed by atoms with Gasteiger partial charge in [-0.1, -0.05) is 62.4 Å². The third-order valence-electron chi connectivity index (χ3n) is 7.36. The van der Waals surface area contributed by atoms with Gasteiger partial charge in [-0.2, -0.15) is 0 Å². The van der Waals surface area contributed by atoms with Crippen LogP contribution < -0.4 is 10.7 Å². The Bertz CT molecular complexity index is 1070. The summed E-state index contributed by atoms with van der Waals surface area (Å²) in [5.41, 5.74) is 0.699. The van der Waals surface area contributed by atoms with E-state index in [1.807, 2.05) is 30.3 Å². The zero-order chi connectivity index (χ0) is 25.3. The lowest BCUT2D eigenvalue weighted by Crippen LogP contribution is -2.40. The van der Waals surface area contributed by atoms with Crippen LogP contribution in [0.4, 0.5) is 0 Å². The monoisotopic (exact) mass is 493 g/mol. The zero-order valence-corrected chi connectivity index (χ0v) is 21.4. The van der Waals surface area contributed by atoms with E-state index < -0.39 is 5.43 Å². The first-order valence-electron chi connectivity index (χ1n) is 13.5. The highest BCUT2D eigenvalue weighted by Crippen LogP contribution is 2.18. The maximum absolute atomic E-state index is 13.4. The Kier molecular flexibility index (Phi) is 9.34. The third-order valence-corrected chi connectivity index (χ3v) is 7.36. The van der Waals surface area contributed by atoms with Crippen LogP contribution in [-0.4, -0.2) is 53.6 Å². The van der Waals surface area contributed by atoms with Gasteiger partial charge in [-0.05, 0) is 37.7 Å². The van der Waals surface area contributed by atoms with Crippen LogP contribution in [-0.2, 0) is 17.7 Å². The molecule has 7 heteroatoms. The molecular weight excluding hydrogens is 454 g/mol. The standard InChI is InChI=1S/C29H39N3O4/c1-31(17-16-22-11-6-5-7-12-22)29(35)26-21-32(19-24-15-10-18-36-24)20-25(27(26)33)28(34)30-23-13-8-3-2-4-9-14-23/h5-7,11-12,20-21,23-24H,2-4,8-10,13-19H2,1H3,(H,30,34)/t24-/m1/s1. The molecule has 0 radical (unpaired) electrons. The highest BCUT2D eigenvalue weighted by atomic mass is 16.5. The number of ether oxygens (including phenoxy) is 1. The van der Waals surface area contributed by atoms with E-state index in [9.17, 15) is 14.4 Å². The molecule has 7 nitrogen and oxygen atoms in total. The van der Waals surface area contributed by atoms with E-state index in [0.717, 1.165) is 44.1 Å². The van der Waals surface area contributed by atoms with Gasteiger partial charge in [0.1, 0.15) is 11.1 Å². The molecule has 2 aliphatic rings. The molecule has 194 valence electrons. The molecule has 4 rings (SSSR count). The number of carbonyl (C=O) groups is 2. The molecule has 2 amide bonds. The second-order valence-electron chi connectivity index (χ2n) is 10.2. The van der Waals surface area contributed by atoms with Gasteiger partial charge in [0.05, 0.1) is 6.10 Å². The second kappa shape index (κ2) is 12.9. The number of carbonyl (C=O) groups excluding carboxylic acids is 2. The molecule has 1 aliphatic carbocycles. The molecule has 1 saturated carbocycles. The van der Waals surface area contributed by atoms with E-state index in [1.54, 1.807) is 28.9 Å². The van der Waals surface area contributed by atoms with Crippen LogP contribution in [0.2, 0.25) is 0 Å². The molecule has 0 bridgehead atoms. The van der Waals surface area contributed by atoms with Crippen molar-refractivity contribution in [3.63, 3.8) is 0 Å². The van der Waals surface area contributed by atoms with Gasteiger partial charge < -0.3 is 19.5 Å². The summed E-state index contributed by atoms with van der Waals surface area (Å²) in [5.74, 6) is -0.745. The molecule has 2 aromatic rings. The van der Waals surface area contributed by atoms with E-state index in [1.165, 1.54) is 19.3 Å². The lowest BCUT2D eigenvalue weighted by molar-refractivity contribution is 0.0791. The predicted molar refractivity (Wildman–Crippen MR) is 140 cm³/mol. The average molecular weight is 494 g/mol. The van der Waals surface area contributed by atoms with Gasteiger partial charge >= 0.3 is 0 Å². The maximum Gasteiger partial charge on any atom is 0.259 e. The summed E-state index contributed by atoms with van der Waals surface area (Å²) < 4.78 is 7.57. The summed E-state index contributed by atoms with van der Waals surface area (Å²) in [4.78, 5) is 41.7. The quantitative estimate of drug-likeness (QED) is 0.598. The molecule has 1 aromatic heterocycles. The number of aromatic nitrogens is 1. The van der Waals surface area contributed by atoms with Crippen LogP contribution in [0, 0.1) is 0 Å². The maximum atomic E-state index is 13.4. The van der Waals surface area contributed by atoms with Crippen LogP contribution >= 0.6 is 0 Å². The van der Waals surface area contributed by atoms with Gasteiger partial charge in [-0.3, -0.25) is 14.4 Å². The number of hydrogen-bond donors (Lipinski definition) is 1. The van der Waals surface area contributed by atoms with Crippen molar-refractivity contribution in [3.8, 4) is 0 Å². The molecule has 1 saturated heterocycles. The lowest BCUT2D eigenvalue weighted by Gasteiger charge is -2.22. The van der Waals surface area contributed by atoms with E-state index in [0.29, 0.717) is 26.1 Å². The van der Waals surface area contributed by atoms with E-state index in [2.05, 4.69) is 5.32 Å². The molecule has 0 spiro atoms. The van der Waals surface area contributed by atoms with Crippen molar-refractivity contribution in [2.75, 3.05) is 20.2 Å². The summed E-state index contributed by atoms with van der Waals surface area (Å²) >= 11 is 0. The first kappa shape index (κ1) is 26.1. The van der Waals surface area contributed by atoms with Crippen molar-refractivity contribution < 1.29 is 14.3 Å². The third kappa shape index (κ3) is 7.06. The number of pyridine rings is 1. The van der Waals surface area contributed by atoms with Crippen LogP contribution in [0.25, 0.3) is 0 Å². The Morgan fingerprint density at radius 3 is 2.36 bits per heavy atom. The average Bonchev–Trinajstić information content (AvgIpc) is 3.38. The minimum Gasteiger partial charge on any atom is -0.376 e. The minimum absolute atomic E-state index is 0.0211.